The van der Waals surface area contributed by atoms with Gasteiger partial charge < -0.3 is 24.8 Å². The SMILES string of the molecule is CCN1CCN(CC(C)CNC(=O)N2CCOC3(CCC3)C2)CC1. The molecule has 1 N–H and O–H groups in total. The fourth-order valence-electron chi connectivity index (χ4n) is 4.06. The number of hydrogen-bond donors (Lipinski definition) is 1. The molecule has 3 rings (SSSR count). The highest BCUT2D eigenvalue weighted by molar-refractivity contribution is 5.74. The Bertz CT molecular complexity index is 419. The van der Waals surface area contributed by atoms with E-state index < -0.39 is 0 Å². The zero-order valence-corrected chi connectivity index (χ0v) is 15.4. The molecule has 6 heteroatoms. The van der Waals surface area contributed by atoms with Crippen molar-refractivity contribution in [3.8, 4) is 0 Å². The molecule has 1 unspecified atom stereocenters. The zero-order valence-electron chi connectivity index (χ0n) is 15.4. The van der Waals surface area contributed by atoms with Gasteiger partial charge in [0.25, 0.3) is 0 Å². The Balaban J connectivity index is 1.35. The van der Waals surface area contributed by atoms with E-state index in [1.807, 2.05) is 4.90 Å². The molecule has 0 aromatic carbocycles. The molecule has 24 heavy (non-hydrogen) atoms. The Hall–Kier alpha value is -0.850. The van der Waals surface area contributed by atoms with Crippen LogP contribution in [0.1, 0.15) is 33.1 Å². The van der Waals surface area contributed by atoms with Crippen LogP contribution in [0.2, 0.25) is 0 Å². The van der Waals surface area contributed by atoms with E-state index in [1.54, 1.807) is 0 Å². The van der Waals surface area contributed by atoms with Gasteiger partial charge in [0.05, 0.1) is 18.8 Å². The maximum Gasteiger partial charge on any atom is 0.317 e. The summed E-state index contributed by atoms with van der Waals surface area (Å²) >= 11 is 0. The summed E-state index contributed by atoms with van der Waals surface area (Å²) in [7, 11) is 0. The predicted molar refractivity (Wildman–Crippen MR) is 95.2 cm³/mol. The topological polar surface area (TPSA) is 48.0 Å². The van der Waals surface area contributed by atoms with E-state index in [0.717, 1.165) is 58.7 Å². The van der Waals surface area contributed by atoms with Crippen LogP contribution in [-0.2, 0) is 4.74 Å². The molecule has 2 amide bonds. The fraction of sp³-hybridized carbons (Fsp3) is 0.944. The van der Waals surface area contributed by atoms with Gasteiger partial charge in [-0.2, -0.15) is 0 Å². The molecule has 138 valence electrons. The first-order valence-electron chi connectivity index (χ1n) is 9.72. The van der Waals surface area contributed by atoms with Gasteiger partial charge in [0.1, 0.15) is 0 Å². The van der Waals surface area contributed by atoms with Gasteiger partial charge in [-0.1, -0.05) is 13.8 Å². The summed E-state index contributed by atoms with van der Waals surface area (Å²) in [6.45, 7) is 14.3. The summed E-state index contributed by atoms with van der Waals surface area (Å²) in [5, 5.41) is 3.14. The van der Waals surface area contributed by atoms with E-state index in [2.05, 4.69) is 29.0 Å². The van der Waals surface area contributed by atoms with Crippen molar-refractivity contribution in [3.05, 3.63) is 0 Å². The molecule has 1 atom stereocenters. The highest BCUT2D eigenvalue weighted by atomic mass is 16.5. The van der Waals surface area contributed by atoms with Crippen molar-refractivity contribution in [2.45, 2.75) is 38.7 Å². The molecule has 1 aliphatic carbocycles. The smallest absolute Gasteiger partial charge is 0.317 e. The third-order valence-electron chi connectivity index (χ3n) is 5.88. The number of likely N-dealkylation sites (N-methyl/N-ethyl adjacent to an activating group) is 1. The molecule has 0 radical (unpaired) electrons. The van der Waals surface area contributed by atoms with Crippen LogP contribution >= 0.6 is 0 Å². The number of piperazine rings is 1. The number of carbonyl (C=O) groups excluding carboxylic acids is 1. The number of hydrogen-bond acceptors (Lipinski definition) is 4. The molecule has 0 aromatic heterocycles. The van der Waals surface area contributed by atoms with E-state index in [-0.39, 0.29) is 11.6 Å². The average molecular weight is 338 g/mol. The van der Waals surface area contributed by atoms with Crippen LogP contribution in [-0.4, -0.2) is 91.8 Å². The normalized spacial score (nSPS) is 26.2. The number of rotatable bonds is 5. The van der Waals surface area contributed by atoms with Gasteiger partial charge in [0.2, 0.25) is 0 Å². The molecule has 2 saturated heterocycles. The van der Waals surface area contributed by atoms with Crippen molar-refractivity contribution < 1.29 is 9.53 Å². The molecule has 2 heterocycles. The number of urea groups is 1. The van der Waals surface area contributed by atoms with Crippen LogP contribution in [0.5, 0.6) is 0 Å². The standard InChI is InChI=1S/C18H34N4O2/c1-3-20-7-9-21(10-8-20)14-16(2)13-19-17(23)22-11-12-24-18(15-22)5-4-6-18/h16H,3-15H2,1-2H3,(H,19,23). The molecule has 0 aromatic rings. The maximum absolute atomic E-state index is 12.4. The quantitative estimate of drug-likeness (QED) is 0.819. The minimum atomic E-state index is -0.0137. The fourth-order valence-corrected chi connectivity index (χ4v) is 4.06. The lowest BCUT2D eigenvalue weighted by Crippen LogP contribution is -2.59. The lowest BCUT2D eigenvalue weighted by molar-refractivity contribution is -0.141. The van der Waals surface area contributed by atoms with Gasteiger partial charge >= 0.3 is 6.03 Å². The Morgan fingerprint density at radius 1 is 1.17 bits per heavy atom. The van der Waals surface area contributed by atoms with E-state index >= 15 is 0 Å². The number of carbonyl (C=O) groups is 1. The summed E-state index contributed by atoms with van der Waals surface area (Å²) in [5.41, 5.74) is -0.0137. The first-order valence-corrected chi connectivity index (χ1v) is 9.72. The molecular weight excluding hydrogens is 304 g/mol. The highest BCUT2D eigenvalue weighted by Crippen LogP contribution is 2.38. The summed E-state index contributed by atoms with van der Waals surface area (Å²) in [6, 6.07) is 0.0900. The molecule has 0 bridgehead atoms. The van der Waals surface area contributed by atoms with Gasteiger partial charge in [-0.15, -0.1) is 0 Å². The molecule has 3 aliphatic rings. The lowest BCUT2D eigenvalue weighted by Gasteiger charge is -2.48. The monoisotopic (exact) mass is 338 g/mol. The second kappa shape index (κ2) is 8.02. The van der Waals surface area contributed by atoms with Crippen molar-refractivity contribution in [1.82, 2.24) is 20.0 Å². The Kier molecular flexibility index (Phi) is 6.00. The Morgan fingerprint density at radius 2 is 1.88 bits per heavy atom. The summed E-state index contributed by atoms with van der Waals surface area (Å²) in [6.07, 6.45) is 3.45. The van der Waals surface area contributed by atoms with Gasteiger partial charge in [0.15, 0.2) is 0 Å². The van der Waals surface area contributed by atoms with Gasteiger partial charge in [-0.3, -0.25) is 0 Å². The third-order valence-corrected chi connectivity index (χ3v) is 5.88. The first-order chi connectivity index (χ1) is 11.6. The van der Waals surface area contributed by atoms with Crippen molar-refractivity contribution in [2.24, 2.45) is 5.92 Å². The van der Waals surface area contributed by atoms with E-state index in [1.165, 1.54) is 19.5 Å². The molecule has 1 saturated carbocycles. The molecule has 2 aliphatic heterocycles. The minimum absolute atomic E-state index is 0.0137. The molecular formula is C18H34N4O2. The second-order valence-electron chi connectivity index (χ2n) is 7.83. The van der Waals surface area contributed by atoms with Crippen LogP contribution in [0.25, 0.3) is 0 Å². The maximum atomic E-state index is 12.4. The van der Waals surface area contributed by atoms with Crippen molar-refractivity contribution in [2.75, 3.05) is 65.5 Å². The molecule has 1 spiro atoms. The van der Waals surface area contributed by atoms with Gasteiger partial charge in [-0.05, 0) is 31.7 Å². The number of nitrogens with zero attached hydrogens (tertiary/aromatic N) is 3. The predicted octanol–water partition coefficient (Wildman–Crippen LogP) is 1.22. The number of morpholine rings is 1. The average Bonchev–Trinajstić information content (AvgIpc) is 2.59. The van der Waals surface area contributed by atoms with Crippen LogP contribution in [0.15, 0.2) is 0 Å². The number of amides is 2. The third kappa shape index (κ3) is 4.41. The van der Waals surface area contributed by atoms with Crippen molar-refractivity contribution in [3.63, 3.8) is 0 Å². The zero-order chi connectivity index (χ0) is 17.0. The van der Waals surface area contributed by atoms with Crippen molar-refractivity contribution >= 4 is 6.03 Å². The summed E-state index contributed by atoms with van der Waals surface area (Å²) in [4.78, 5) is 19.4. The van der Waals surface area contributed by atoms with Crippen molar-refractivity contribution in [1.29, 1.82) is 0 Å². The molecule has 6 nitrogen and oxygen atoms in total. The van der Waals surface area contributed by atoms with Crippen LogP contribution in [0.4, 0.5) is 4.79 Å². The van der Waals surface area contributed by atoms with E-state index in [9.17, 15) is 4.79 Å². The van der Waals surface area contributed by atoms with E-state index in [0.29, 0.717) is 12.5 Å². The van der Waals surface area contributed by atoms with Crippen LogP contribution < -0.4 is 5.32 Å². The van der Waals surface area contributed by atoms with Crippen LogP contribution in [0, 0.1) is 5.92 Å². The van der Waals surface area contributed by atoms with Gasteiger partial charge in [0, 0.05) is 45.8 Å². The van der Waals surface area contributed by atoms with E-state index in [4.69, 9.17) is 4.74 Å². The lowest BCUT2D eigenvalue weighted by atomic mass is 9.79. The number of nitrogens with one attached hydrogen (secondary N) is 1. The summed E-state index contributed by atoms with van der Waals surface area (Å²) in [5.74, 6) is 0.487. The first kappa shape index (κ1) is 18.0. The Labute approximate surface area is 146 Å². The Morgan fingerprint density at radius 3 is 2.50 bits per heavy atom. The minimum Gasteiger partial charge on any atom is -0.371 e. The molecule has 3 fully saturated rings. The van der Waals surface area contributed by atoms with Gasteiger partial charge in [-0.25, -0.2) is 4.79 Å². The second-order valence-corrected chi connectivity index (χ2v) is 7.83. The highest BCUT2D eigenvalue weighted by Gasteiger charge is 2.43. The summed E-state index contributed by atoms with van der Waals surface area (Å²) < 4.78 is 5.89. The van der Waals surface area contributed by atoms with Crippen LogP contribution in [0.3, 0.4) is 0 Å². The largest absolute Gasteiger partial charge is 0.371 e. The number of ether oxygens (including phenoxy) is 1.